The Bertz CT molecular complexity index is 1740. The lowest BCUT2D eigenvalue weighted by atomic mass is 10.1. The Labute approximate surface area is 279 Å². The molecule has 10 heteroatoms. The Morgan fingerprint density at radius 1 is 0.723 bits per heavy atom. The van der Waals surface area contributed by atoms with Crippen molar-refractivity contribution in [2.75, 3.05) is 90.8 Å². The molecular weight excluding hydrogens is 609 g/mol. The van der Waals surface area contributed by atoms with Crippen LogP contribution in [0.5, 0.6) is 0 Å². The Hall–Kier alpha value is -4.54. The molecule has 0 atom stereocenters. The van der Waals surface area contributed by atoms with Crippen LogP contribution in [0.3, 0.4) is 0 Å². The molecule has 0 saturated carbocycles. The highest BCUT2D eigenvalue weighted by Gasteiger charge is 2.31. The number of hydrogen-bond acceptors (Lipinski definition) is 7. The molecule has 2 heterocycles. The molecule has 2 saturated heterocycles. The number of likely N-dealkylation sites (tertiary alicyclic amines) is 1. The second-order valence-corrected chi connectivity index (χ2v) is 14.1. The van der Waals surface area contributed by atoms with Gasteiger partial charge in [-0.3, -0.25) is 9.10 Å². The molecule has 0 radical (unpaired) electrons. The first-order valence-electron chi connectivity index (χ1n) is 16.4. The van der Waals surface area contributed by atoms with E-state index >= 15 is 0 Å². The molecule has 1 amide bonds. The van der Waals surface area contributed by atoms with Crippen molar-refractivity contribution >= 4 is 44.4 Å². The molecule has 246 valence electrons. The van der Waals surface area contributed by atoms with Crippen molar-refractivity contribution < 1.29 is 13.2 Å². The molecule has 2 fully saturated rings. The smallest absolute Gasteiger partial charge is 0.266 e. The number of nitrogens with zero attached hydrogens (tertiary/aromatic N) is 5. The summed E-state index contributed by atoms with van der Waals surface area (Å²) in [6.07, 6.45) is 2.37. The van der Waals surface area contributed by atoms with Gasteiger partial charge in [0.15, 0.2) is 0 Å². The van der Waals surface area contributed by atoms with Crippen molar-refractivity contribution in [1.29, 1.82) is 0 Å². The fourth-order valence-electron chi connectivity index (χ4n) is 6.43. The molecular formula is C37H44N6O3S. The lowest BCUT2D eigenvalue weighted by molar-refractivity contribution is 0.0993. The third kappa shape index (κ3) is 7.24. The highest BCUT2D eigenvalue weighted by molar-refractivity contribution is 7.93. The number of carbonyl (C=O) groups excluding carboxylic acids is 1. The lowest BCUT2D eigenvalue weighted by Gasteiger charge is -2.38. The van der Waals surface area contributed by atoms with Gasteiger partial charge in [0.25, 0.3) is 15.9 Å². The summed E-state index contributed by atoms with van der Waals surface area (Å²) < 4.78 is 30.1. The number of benzene rings is 4. The average molecular weight is 653 g/mol. The number of carbonyl (C=O) groups is 1. The molecule has 1 N–H and O–H groups in total. The van der Waals surface area contributed by atoms with Crippen LogP contribution in [0.1, 0.15) is 23.2 Å². The monoisotopic (exact) mass is 652 g/mol. The Balaban J connectivity index is 1.41. The summed E-state index contributed by atoms with van der Waals surface area (Å²) in [5.41, 5.74) is 4.04. The number of nitrogens with one attached hydrogen (secondary N) is 1. The molecule has 0 spiro atoms. The number of rotatable bonds is 11. The summed E-state index contributed by atoms with van der Waals surface area (Å²) in [5.74, 6) is -0.265. The van der Waals surface area contributed by atoms with Crippen LogP contribution in [0.4, 0.5) is 28.4 Å². The van der Waals surface area contributed by atoms with Gasteiger partial charge in [0.2, 0.25) is 0 Å². The van der Waals surface area contributed by atoms with E-state index in [4.69, 9.17) is 0 Å². The van der Waals surface area contributed by atoms with Crippen molar-refractivity contribution in [3.63, 3.8) is 0 Å². The molecule has 4 aromatic carbocycles. The van der Waals surface area contributed by atoms with Gasteiger partial charge < -0.3 is 24.9 Å². The Morgan fingerprint density at radius 3 is 1.89 bits per heavy atom. The summed E-state index contributed by atoms with van der Waals surface area (Å²) in [6, 6.07) is 32.3. The minimum Gasteiger partial charge on any atom is -0.383 e. The second kappa shape index (κ2) is 14.5. The maximum Gasteiger partial charge on any atom is 0.266 e. The van der Waals surface area contributed by atoms with E-state index in [0.29, 0.717) is 36.6 Å². The van der Waals surface area contributed by atoms with Crippen LogP contribution < -0.4 is 24.3 Å². The van der Waals surface area contributed by atoms with Crippen LogP contribution in [0.25, 0.3) is 0 Å². The Morgan fingerprint density at radius 2 is 1.28 bits per heavy atom. The van der Waals surface area contributed by atoms with Crippen molar-refractivity contribution in [1.82, 2.24) is 4.90 Å². The van der Waals surface area contributed by atoms with Gasteiger partial charge in [0, 0.05) is 64.7 Å². The van der Waals surface area contributed by atoms with E-state index < -0.39 is 10.0 Å². The molecule has 4 aromatic rings. The van der Waals surface area contributed by atoms with E-state index in [9.17, 15) is 13.2 Å². The fraction of sp³-hybridized carbons (Fsp3) is 0.324. The van der Waals surface area contributed by atoms with Crippen LogP contribution in [0.15, 0.2) is 108 Å². The molecule has 0 aromatic heterocycles. The molecule has 0 unspecified atom stereocenters. The van der Waals surface area contributed by atoms with Crippen molar-refractivity contribution in [2.45, 2.75) is 17.7 Å². The van der Waals surface area contributed by atoms with Crippen molar-refractivity contribution in [2.24, 2.45) is 0 Å². The van der Waals surface area contributed by atoms with Gasteiger partial charge in [-0.1, -0.05) is 54.6 Å². The van der Waals surface area contributed by atoms with E-state index in [-0.39, 0.29) is 10.8 Å². The maximum absolute atomic E-state index is 14.4. The van der Waals surface area contributed by atoms with Gasteiger partial charge in [-0.2, -0.15) is 0 Å². The summed E-state index contributed by atoms with van der Waals surface area (Å²) in [4.78, 5) is 23.0. The zero-order chi connectivity index (χ0) is 32.8. The largest absolute Gasteiger partial charge is 0.383 e. The molecule has 2 aliphatic rings. The zero-order valence-corrected chi connectivity index (χ0v) is 28.1. The minimum absolute atomic E-state index is 0.0850. The average Bonchev–Trinajstić information content (AvgIpc) is 3.65. The third-order valence-corrected chi connectivity index (χ3v) is 11.0. The molecule has 6 rings (SSSR count). The first-order chi connectivity index (χ1) is 22.8. The summed E-state index contributed by atoms with van der Waals surface area (Å²) in [5, 5.41) is 3.48. The number of amides is 1. The first-order valence-corrected chi connectivity index (χ1v) is 17.8. The van der Waals surface area contributed by atoms with Crippen LogP contribution >= 0.6 is 0 Å². The summed E-state index contributed by atoms with van der Waals surface area (Å²) >= 11 is 0. The van der Waals surface area contributed by atoms with Crippen LogP contribution in [0, 0.1) is 0 Å². The van der Waals surface area contributed by atoms with E-state index in [1.165, 1.54) is 22.8 Å². The number of piperazine rings is 1. The van der Waals surface area contributed by atoms with Gasteiger partial charge in [0.05, 0.1) is 22.6 Å². The number of hydrogen-bond donors (Lipinski definition) is 1. The molecule has 0 bridgehead atoms. The van der Waals surface area contributed by atoms with E-state index in [1.54, 1.807) is 37.2 Å². The number of para-hydroxylation sites is 3. The van der Waals surface area contributed by atoms with E-state index in [1.807, 2.05) is 72.8 Å². The minimum atomic E-state index is -4.05. The van der Waals surface area contributed by atoms with Gasteiger partial charge in [-0.25, -0.2) is 8.42 Å². The number of sulfonamides is 1. The fourth-order valence-corrected chi connectivity index (χ4v) is 7.80. The van der Waals surface area contributed by atoms with Crippen LogP contribution in [-0.4, -0.2) is 85.7 Å². The van der Waals surface area contributed by atoms with Gasteiger partial charge in [0.1, 0.15) is 4.90 Å². The lowest BCUT2D eigenvalue weighted by Crippen LogP contribution is -2.47. The highest BCUT2D eigenvalue weighted by Crippen LogP contribution is 2.36. The van der Waals surface area contributed by atoms with Crippen molar-refractivity contribution in [3.05, 3.63) is 109 Å². The second-order valence-electron chi connectivity index (χ2n) is 12.2. The SMILES string of the molecule is CN(C(=O)c1cc(S(=O)(=O)N(C)c2ccccc2)c(NCCN2CCCC2)cc1N1CCN(c2ccccc2)CC1)c1ccccc1. The quantitative estimate of drug-likeness (QED) is 0.225. The third-order valence-electron chi connectivity index (χ3n) is 9.22. The first kappa shape index (κ1) is 32.4. The molecule has 47 heavy (non-hydrogen) atoms. The topological polar surface area (TPSA) is 79.4 Å². The highest BCUT2D eigenvalue weighted by atomic mass is 32.2. The molecule has 9 nitrogen and oxygen atoms in total. The maximum atomic E-state index is 14.4. The van der Waals surface area contributed by atoms with E-state index in [0.717, 1.165) is 44.1 Å². The van der Waals surface area contributed by atoms with Gasteiger partial charge in [-0.05, 0) is 74.5 Å². The normalized spacial score (nSPS) is 15.4. The van der Waals surface area contributed by atoms with Crippen LogP contribution in [-0.2, 0) is 10.0 Å². The Kier molecular flexibility index (Phi) is 9.98. The van der Waals surface area contributed by atoms with Gasteiger partial charge >= 0.3 is 0 Å². The number of anilines is 5. The summed E-state index contributed by atoms with van der Waals surface area (Å²) in [7, 11) is -0.751. The van der Waals surface area contributed by atoms with Gasteiger partial charge in [-0.15, -0.1) is 0 Å². The predicted octanol–water partition coefficient (Wildman–Crippen LogP) is 5.62. The van der Waals surface area contributed by atoms with Crippen molar-refractivity contribution in [3.8, 4) is 0 Å². The standard InChI is InChI=1S/C37H44N6O3S/c1-39(30-14-6-3-7-15-30)37(44)33-28-36(47(45,46)40(2)31-16-8-4-9-17-31)34(38-20-23-41-21-12-13-22-41)29-35(33)43-26-24-42(25-27-43)32-18-10-5-11-19-32/h3-11,14-19,28-29,38H,12-13,20-27H2,1-2H3. The van der Waals surface area contributed by atoms with E-state index in [2.05, 4.69) is 32.1 Å². The predicted molar refractivity (Wildman–Crippen MR) is 193 cm³/mol. The summed E-state index contributed by atoms with van der Waals surface area (Å²) in [6.45, 7) is 6.45. The molecule has 2 aliphatic heterocycles. The molecule has 0 aliphatic carbocycles. The zero-order valence-electron chi connectivity index (χ0n) is 27.3. The van der Waals surface area contributed by atoms with Crippen LogP contribution in [0.2, 0.25) is 0 Å².